The molecule has 0 saturated heterocycles. The normalized spacial score (nSPS) is 13.4. The van der Waals surface area contributed by atoms with Gasteiger partial charge in [-0.15, -0.1) is 0 Å². The third kappa shape index (κ3) is 3.53. The zero-order chi connectivity index (χ0) is 14.4. The summed E-state index contributed by atoms with van der Waals surface area (Å²) in [5, 5.41) is 12.9. The van der Waals surface area contributed by atoms with Crippen LogP contribution in [0.1, 0.15) is 36.9 Å². The third-order valence-electron chi connectivity index (χ3n) is 2.95. The van der Waals surface area contributed by atoms with Gasteiger partial charge in [0, 0.05) is 18.6 Å². The highest BCUT2D eigenvalue weighted by Crippen LogP contribution is 2.25. The molecule has 0 spiro atoms. The Morgan fingerprint density at radius 3 is 2.80 bits per heavy atom. The van der Waals surface area contributed by atoms with Gasteiger partial charge in [0.15, 0.2) is 5.82 Å². The van der Waals surface area contributed by atoms with E-state index in [4.69, 9.17) is 10.00 Å². The third-order valence-corrected chi connectivity index (χ3v) is 3.61. The number of anilines is 1. The minimum absolute atomic E-state index is 0.0835. The van der Waals surface area contributed by atoms with Gasteiger partial charge in [-0.05, 0) is 12.5 Å². The van der Waals surface area contributed by atoms with Crippen LogP contribution in [0.5, 0.6) is 0 Å². The largest absolute Gasteiger partial charge is 0.374 e. The average Bonchev–Trinajstić information content (AvgIpc) is 2.95. The first-order valence-corrected chi connectivity index (χ1v) is 7.06. The van der Waals surface area contributed by atoms with Crippen LogP contribution in [0.2, 0.25) is 0 Å². The molecule has 6 heteroatoms. The zero-order valence-corrected chi connectivity index (χ0v) is 12.2. The number of hydrogen-bond acceptors (Lipinski definition) is 6. The zero-order valence-electron chi connectivity index (χ0n) is 11.4. The maximum Gasteiger partial charge on any atom is 0.203 e. The monoisotopic (exact) mass is 288 g/mol. The molecule has 0 aliphatic heterocycles. The SMILES string of the molecule is CO[C@H](C)c1nsc(N[C@H](CC#N)c2ccccc2)n1. The molecule has 104 valence electrons. The molecule has 5 nitrogen and oxygen atoms in total. The summed E-state index contributed by atoms with van der Waals surface area (Å²) in [6.07, 6.45) is 0.242. The molecule has 2 aromatic rings. The summed E-state index contributed by atoms with van der Waals surface area (Å²) in [7, 11) is 1.63. The number of ether oxygens (including phenoxy) is 1. The van der Waals surface area contributed by atoms with Crippen molar-refractivity contribution in [2.45, 2.75) is 25.5 Å². The van der Waals surface area contributed by atoms with Crippen molar-refractivity contribution in [3.63, 3.8) is 0 Å². The predicted octanol–water partition coefficient (Wildman–Crippen LogP) is 3.31. The van der Waals surface area contributed by atoms with Crippen molar-refractivity contribution >= 4 is 16.7 Å². The molecule has 0 unspecified atom stereocenters. The van der Waals surface area contributed by atoms with Crippen LogP contribution in [0.3, 0.4) is 0 Å². The molecule has 0 aliphatic rings. The minimum Gasteiger partial charge on any atom is -0.374 e. The van der Waals surface area contributed by atoms with Crippen molar-refractivity contribution in [1.82, 2.24) is 9.36 Å². The molecular weight excluding hydrogens is 272 g/mol. The van der Waals surface area contributed by atoms with E-state index >= 15 is 0 Å². The summed E-state index contributed by atoms with van der Waals surface area (Å²) >= 11 is 1.28. The van der Waals surface area contributed by atoms with Crippen LogP contribution in [-0.2, 0) is 4.74 Å². The highest BCUT2D eigenvalue weighted by Gasteiger charge is 2.15. The Morgan fingerprint density at radius 2 is 2.15 bits per heavy atom. The number of benzene rings is 1. The second-order valence-electron chi connectivity index (χ2n) is 4.31. The maximum absolute atomic E-state index is 8.96. The second-order valence-corrected chi connectivity index (χ2v) is 5.06. The molecule has 0 amide bonds. The van der Waals surface area contributed by atoms with E-state index in [1.165, 1.54) is 11.5 Å². The van der Waals surface area contributed by atoms with Crippen molar-refractivity contribution in [2.75, 3.05) is 12.4 Å². The maximum atomic E-state index is 8.96. The highest BCUT2D eigenvalue weighted by atomic mass is 32.1. The number of hydrogen-bond donors (Lipinski definition) is 1. The van der Waals surface area contributed by atoms with Gasteiger partial charge in [0.05, 0.1) is 18.5 Å². The molecule has 1 aromatic heterocycles. The first kappa shape index (κ1) is 14.4. The smallest absolute Gasteiger partial charge is 0.203 e. The second kappa shape index (κ2) is 6.98. The van der Waals surface area contributed by atoms with Crippen LogP contribution in [0, 0.1) is 11.3 Å². The summed E-state index contributed by atoms with van der Waals surface area (Å²) < 4.78 is 9.44. The van der Waals surface area contributed by atoms with Gasteiger partial charge < -0.3 is 10.1 Å². The number of methoxy groups -OCH3 is 1. The molecule has 0 bridgehead atoms. The first-order chi connectivity index (χ1) is 9.74. The summed E-state index contributed by atoms with van der Waals surface area (Å²) in [4.78, 5) is 4.39. The fourth-order valence-corrected chi connectivity index (χ4v) is 2.44. The van der Waals surface area contributed by atoms with E-state index in [2.05, 4.69) is 20.7 Å². The molecular formula is C14H16N4OS. The van der Waals surface area contributed by atoms with E-state index in [9.17, 15) is 0 Å². The quantitative estimate of drug-likeness (QED) is 0.883. The molecule has 0 saturated carbocycles. The standard InChI is InChI=1S/C14H16N4OS/c1-10(19-2)13-17-14(20-18-13)16-12(8-9-15)11-6-4-3-5-7-11/h3-7,10,12H,8H2,1-2H3,(H,16,17,18)/t10-,12-/m1/s1. The molecule has 2 rings (SSSR count). The van der Waals surface area contributed by atoms with Gasteiger partial charge in [-0.3, -0.25) is 0 Å². The predicted molar refractivity (Wildman–Crippen MR) is 78.4 cm³/mol. The Labute approximate surface area is 122 Å². The van der Waals surface area contributed by atoms with Gasteiger partial charge >= 0.3 is 0 Å². The number of aromatic nitrogens is 2. The van der Waals surface area contributed by atoms with E-state index < -0.39 is 0 Å². The fraction of sp³-hybridized carbons (Fsp3) is 0.357. The summed E-state index contributed by atoms with van der Waals surface area (Å²) in [5.74, 6) is 0.656. The van der Waals surface area contributed by atoms with Crippen molar-refractivity contribution in [3.05, 3.63) is 41.7 Å². The first-order valence-electron chi connectivity index (χ1n) is 6.29. The summed E-state index contributed by atoms with van der Waals surface area (Å²) in [6.45, 7) is 1.90. The topological polar surface area (TPSA) is 70.8 Å². The average molecular weight is 288 g/mol. The Kier molecular flexibility index (Phi) is 5.04. The Bertz CT molecular complexity index is 578. The molecule has 20 heavy (non-hydrogen) atoms. The van der Waals surface area contributed by atoms with E-state index in [1.54, 1.807) is 7.11 Å². The molecule has 1 N–H and O–H groups in total. The number of nitrogens with zero attached hydrogens (tertiary/aromatic N) is 3. The minimum atomic E-state index is -0.132. The van der Waals surface area contributed by atoms with Gasteiger partial charge in [0.1, 0.15) is 6.10 Å². The number of nitrogens with one attached hydrogen (secondary N) is 1. The summed E-state index contributed by atoms with van der Waals surface area (Å²) in [6, 6.07) is 12.0. The number of nitriles is 1. The Hall–Kier alpha value is -1.97. The highest BCUT2D eigenvalue weighted by molar-refractivity contribution is 7.09. The fourth-order valence-electron chi connectivity index (χ4n) is 1.74. The van der Waals surface area contributed by atoms with E-state index in [-0.39, 0.29) is 12.1 Å². The lowest BCUT2D eigenvalue weighted by Gasteiger charge is -2.14. The Balaban J connectivity index is 2.13. The van der Waals surface area contributed by atoms with Gasteiger partial charge in [0.25, 0.3) is 0 Å². The van der Waals surface area contributed by atoms with Crippen LogP contribution in [-0.4, -0.2) is 16.5 Å². The molecule has 0 fully saturated rings. The van der Waals surface area contributed by atoms with Crippen LogP contribution < -0.4 is 5.32 Å². The summed E-state index contributed by atoms with van der Waals surface area (Å²) in [5.41, 5.74) is 1.06. The lowest BCUT2D eigenvalue weighted by Crippen LogP contribution is -2.10. The van der Waals surface area contributed by atoms with Gasteiger partial charge in [-0.25, -0.2) is 4.98 Å². The molecule has 0 radical (unpaired) electrons. The van der Waals surface area contributed by atoms with Crippen molar-refractivity contribution in [2.24, 2.45) is 0 Å². The van der Waals surface area contributed by atoms with Gasteiger partial charge in [-0.1, -0.05) is 30.3 Å². The van der Waals surface area contributed by atoms with Gasteiger partial charge in [0.2, 0.25) is 5.13 Å². The molecule has 0 aliphatic carbocycles. The van der Waals surface area contributed by atoms with E-state index in [0.29, 0.717) is 17.4 Å². The number of rotatable bonds is 6. The van der Waals surface area contributed by atoms with Crippen molar-refractivity contribution in [3.8, 4) is 6.07 Å². The van der Waals surface area contributed by atoms with Crippen molar-refractivity contribution in [1.29, 1.82) is 5.26 Å². The lowest BCUT2D eigenvalue weighted by atomic mass is 10.1. The van der Waals surface area contributed by atoms with Gasteiger partial charge in [-0.2, -0.15) is 9.64 Å². The van der Waals surface area contributed by atoms with Crippen LogP contribution >= 0.6 is 11.5 Å². The molecule has 1 aromatic carbocycles. The van der Waals surface area contributed by atoms with Crippen LogP contribution in [0.25, 0.3) is 0 Å². The van der Waals surface area contributed by atoms with Crippen molar-refractivity contribution < 1.29 is 4.74 Å². The van der Waals surface area contributed by atoms with E-state index in [1.807, 2.05) is 37.3 Å². The molecule has 2 atom stereocenters. The van der Waals surface area contributed by atoms with Crippen LogP contribution in [0.15, 0.2) is 30.3 Å². The van der Waals surface area contributed by atoms with Crippen LogP contribution in [0.4, 0.5) is 5.13 Å². The lowest BCUT2D eigenvalue weighted by molar-refractivity contribution is 0.113. The molecule has 1 heterocycles. The van der Waals surface area contributed by atoms with E-state index in [0.717, 1.165) is 5.56 Å². The Morgan fingerprint density at radius 1 is 1.40 bits per heavy atom.